The Labute approximate surface area is 83.3 Å². The van der Waals surface area contributed by atoms with E-state index in [4.69, 9.17) is 5.73 Å². The SMILES string of the molecule is NCc1ccc2c(ccn2C2CC2)c1. The van der Waals surface area contributed by atoms with Gasteiger partial charge in [-0.15, -0.1) is 0 Å². The van der Waals surface area contributed by atoms with Gasteiger partial charge in [0.2, 0.25) is 0 Å². The third-order valence-electron chi connectivity index (χ3n) is 2.96. The van der Waals surface area contributed by atoms with Gasteiger partial charge in [-0.2, -0.15) is 0 Å². The summed E-state index contributed by atoms with van der Waals surface area (Å²) in [5, 5.41) is 1.32. The van der Waals surface area contributed by atoms with Crippen LogP contribution in [0.25, 0.3) is 10.9 Å². The first-order valence-corrected chi connectivity index (χ1v) is 5.18. The van der Waals surface area contributed by atoms with Crippen LogP contribution in [0.15, 0.2) is 30.5 Å². The predicted octanol–water partition coefficient (Wildman–Crippen LogP) is 2.43. The van der Waals surface area contributed by atoms with Gasteiger partial charge < -0.3 is 10.3 Å². The van der Waals surface area contributed by atoms with Crippen LogP contribution in [0, 0.1) is 0 Å². The van der Waals surface area contributed by atoms with E-state index in [1.807, 2.05) is 0 Å². The molecule has 1 saturated carbocycles. The minimum atomic E-state index is 0.630. The minimum Gasteiger partial charge on any atom is -0.344 e. The van der Waals surface area contributed by atoms with E-state index in [0.717, 1.165) is 6.04 Å². The molecule has 1 fully saturated rings. The second-order valence-electron chi connectivity index (χ2n) is 4.05. The number of nitrogens with two attached hydrogens (primary N) is 1. The molecule has 1 aliphatic carbocycles. The zero-order valence-corrected chi connectivity index (χ0v) is 8.11. The maximum atomic E-state index is 5.61. The number of hydrogen-bond acceptors (Lipinski definition) is 1. The molecule has 1 aliphatic rings. The number of benzene rings is 1. The third kappa shape index (κ3) is 1.15. The molecule has 1 heterocycles. The Kier molecular flexibility index (Phi) is 1.64. The highest BCUT2D eigenvalue weighted by molar-refractivity contribution is 5.81. The summed E-state index contributed by atoms with van der Waals surface area (Å²) in [6.45, 7) is 0.630. The van der Waals surface area contributed by atoms with Crippen molar-refractivity contribution in [3.05, 3.63) is 36.0 Å². The number of aromatic nitrogens is 1. The Bertz CT molecular complexity index is 466. The van der Waals surface area contributed by atoms with Crippen LogP contribution >= 0.6 is 0 Å². The van der Waals surface area contributed by atoms with Crippen LogP contribution in [0.5, 0.6) is 0 Å². The lowest BCUT2D eigenvalue weighted by Crippen LogP contribution is -1.96. The molecule has 0 atom stereocenters. The fourth-order valence-electron chi connectivity index (χ4n) is 2.01. The summed E-state index contributed by atoms with van der Waals surface area (Å²) in [5.74, 6) is 0. The molecule has 1 aromatic carbocycles. The summed E-state index contributed by atoms with van der Waals surface area (Å²) in [7, 11) is 0. The zero-order chi connectivity index (χ0) is 9.54. The van der Waals surface area contributed by atoms with Crippen molar-refractivity contribution in [2.45, 2.75) is 25.4 Å². The lowest BCUT2D eigenvalue weighted by molar-refractivity contribution is 0.776. The second kappa shape index (κ2) is 2.85. The lowest BCUT2D eigenvalue weighted by Gasteiger charge is -2.03. The first-order valence-electron chi connectivity index (χ1n) is 5.18. The van der Waals surface area contributed by atoms with E-state index in [0.29, 0.717) is 6.54 Å². The molecule has 14 heavy (non-hydrogen) atoms. The van der Waals surface area contributed by atoms with Crippen molar-refractivity contribution in [1.82, 2.24) is 4.57 Å². The molecule has 72 valence electrons. The molecular formula is C12H14N2. The maximum Gasteiger partial charge on any atom is 0.0483 e. The molecule has 0 saturated heterocycles. The van der Waals surface area contributed by atoms with Crippen molar-refractivity contribution in [1.29, 1.82) is 0 Å². The van der Waals surface area contributed by atoms with Crippen LogP contribution in [-0.4, -0.2) is 4.57 Å². The molecule has 0 aliphatic heterocycles. The average Bonchev–Trinajstić information content (AvgIpc) is 2.98. The van der Waals surface area contributed by atoms with E-state index in [-0.39, 0.29) is 0 Å². The summed E-state index contributed by atoms with van der Waals surface area (Å²) < 4.78 is 2.38. The fraction of sp³-hybridized carbons (Fsp3) is 0.333. The Morgan fingerprint density at radius 2 is 2.14 bits per heavy atom. The number of nitrogens with zero attached hydrogens (tertiary/aromatic N) is 1. The molecule has 2 nitrogen and oxygen atoms in total. The minimum absolute atomic E-state index is 0.630. The van der Waals surface area contributed by atoms with Gasteiger partial charge in [-0.05, 0) is 42.0 Å². The predicted molar refractivity (Wildman–Crippen MR) is 58.1 cm³/mol. The van der Waals surface area contributed by atoms with Gasteiger partial charge in [0.1, 0.15) is 0 Å². The van der Waals surface area contributed by atoms with Gasteiger partial charge in [-0.1, -0.05) is 6.07 Å². The largest absolute Gasteiger partial charge is 0.344 e. The van der Waals surface area contributed by atoms with Crippen molar-refractivity contribution in [3.8, 4) is 0 Å². The summed E-state index contributed by atoms with van der Waals surface area (Å²) in [6, 6.07) is 9.45. The highest BCUT2D eigenvalue weighted by atomic mass is 15.0. The van der Waals surface area contributed by atoms with Gasteiger partial charge >= 0.3 is 0 Å². The molecule has 2 N–H and O–H groups in total. The van der Waals surface area contributed by atoms with Crippen LogP contribution in [0.2, 0.25) is 0 Å². The van der Waals surface area contributed by atoms with E-state index in [1.54, 1.807) is 0 Å². The van der Waals surface area contributed by atoms with Crippen LogP contribution in [0.4, 0.5) is 0 Å². The van der Waals surface area contributed by atoms with Crippen molar-refractivity contribution in [2.75, 3.05) is 0 Å². The molecule has 2 aromatic rings. The van der Waals surface area contributed by atoms with Crippen molar-refractivity contribution >= 4 is 10.9 Å². The fourth-order valence-corrected chi connectivity index (χ4v) is 2.01. The molecular weight excluding hydrogens is 172 g/mol. The Balaban J connectivity index is 2.17. The Morgan fingerprint density at radius 1 is 1.29 bits per heavy atom. The average molecular weight is 186 g/mol. The van der Waals surface area contributed by atoms with Gasteiger partial charge in [0.25, 0.3) is 0 Å². The standard InChI is InChI=1S/C12H14N2/c13-8-9-1-4-12-10(7-9)5-6-14(12)11-2-3-11/h1,4-7,11H,2-3,8,13H2. The summed E-state index contributed by atoms with van der Waals surface area (Å²) >= 11 is 0. The van der Waals surface area contributed by atoms with E-state index in [9.17, 15) is 0 Å². The number of hydrogen-bond donors (Lipinski definition) is 1. The van der Waals surface area contributed by atoms with Crippen LogP contribution in [-0.2, 0) is 6.54 Å². The third-order valence-corrected chi connectivity index (χ3v) is 2.96. The van der Waals surface area contributed by atoms with E-state index >= 15 is 0 Å². The summed E-state index contributed by atoms with van der Waals surface area (Å²) in [6.07, 6.45) is 4.87. The summed E-state index contributed by atoms with van der Waals surface area (Å²) in [5.41, 5.74) is 8.18. The Hall–Kier alpha value is -1.28. The van der Waals surface area contributed by atoms with Gasteiger partial charge in [-0.3, -0.25) is 0 Å². The smallest absolute Gasteiger partial charge is 0.0483 e. The van der Waals surface area contributed by atoms with Crippen molar-refractivity contribution in [2.24, 2.45) is 5.73 Å². The highest BCUT2D eigenvalue weighted by Gasteiger charge is 2.23. The molecule has 0 spiro atoms. The molecule has 0 amide bonds. The van der Waals surface area contributed by atoms with Gasteiger partial charge in [0.05, 0.1) is 0 Å². The maximum absolute atomic E-state index is 5.61. The first kappa shape index (κ1) is 8.06. The number of rotatable bonds is 2. The molecule has 2 heteroatoms. The second-order valence-corrected chi connectivity index (χ2v) is 4.05. The van der Waals surface area contributed by atoms with Gasteiger partial charge in [-0.25, -0.2) is 0 Å². The highest BCUT2D eigenvalue weighted by Crippen LogP contribution is 2.37. The van der Waals surface area contributed by atoms with Crippen LogP contribution in [0.3, 0.4) is 0 Å². The topological polar surface area (TPSA) is 30.9 Å². The molecule has 0 unspecified atom stereocenters. The summed E-state index contributed by atoms with van der Waals surface area (Å²) in [4.78, 5) is 0. The van der Waals surface area contributed by atoms with Crippen molar-refractivity contribution in [3.63, 3.8) is 0 Å². The first-order chi connectivity index (χ1) is 6.88. The Morgan fingerprint density at radius 3 is 2.86 bits per heavy atom. The number of fused-ring (bicyclic) bond motifs is 1. The monoisotopic (exact) mass is 186 g/mol. The van der Waals surface area contributed by atoms with Crippen LogP contribution < -0.4 is 5.73 Å². The normalized spacial score (nSPS) is 16.4. The molecule has 3 rings (SSSR count). The zero-order valence-electron chi connectivity index (χ0n) is 8.11. The van der Waals surface area contributed by atoms with E-state index in [2.05, 4.69) is 35.0 Å². The lowest BCUT2D eigenvalue weighted by atomic mass is 10.1. The van der Waals surface area contributed by atoms with E-state index < -0.39 is 0 Å². The van der Waals surface area contributed by atoms with Crippen molar-refractivity contribution < 1.29 is 0 Å². The molecule has 0 bridgehead atoms. The van der Waals surface area contributed by atoms with Gasteiger partial charge in [0, 0.05) is 24.3 Å². The quantitative estimate of drug-likeness (QED) is 0.767. The van der Waals surface area contributed by atoms with E-state index in [1.165, 1.54) is 29.3 Å². The molecule has 1 aromatic heterocycles. The van der Waals surface area contributed by atoms with Gasteiger partial charge in [0.15, 0.2) is 0 Å². The molecule has 0 radical (unpaired) electrons. The van der Waals surface area contributed by atoms with Crippen LogP contribution in [0.1, 0.15) is 24.4 Å².